The van der Waals surface area contributed by atoms with Crippen LogP contribution in [0.4, 0.5) is 0 Å². The Balaban J connectivity index is 2.12. The predicted molar refractivity (Wildman–Crippen MR) is 79.7 cm³/mol. The smallest absolute Gasteiger partial charge is 0.152 e. The van der Waals surface area contributed by atoms with Crippen molar-refractivity contribution in [1.82, 2.24) is 0 Å². The number of rotatable bonds is 3. The monoisotopic (exact) mass is 355 g/mol. The number of nitriles is 1. The fourth-order valence-corrected chi connectivity index (χ4v) is 2.87. The van der Waals surface area contributed by atoms with E-state index in [4.69, 9.17) is 33.2 Å². The van der Waals surface area contributed by atoms with Crippen molar-refractivity contribution < 1.29 is 4.74 Å². The second-order valence-corrected chi connectivity index (χ2v) is 5.49. The first kappa shape index (κ1) is 14.2. The van der Waals surface area contributed by atoms with Gasteiger partial charge in [-0.1, -0.05) is 35.3 Å². The molecule has 0 aliphatic rings. The van der Waals surface area contributed by atoms with Gasteiger partial charge in [0.1, 0.15) is 6.61 Å². The van der Waals surface area contributed by atoms with Gasteiger partial charge >= 0.3 is 0 Å². The van der Waals surface area contributed by atoms with Crippen LogP contribution in [0.15, 0.2) is 40.9 Å². The first-order chi connectivity index (χ1) is 9.10. The van der Waals surface area contributed by atoms with Gasteiger partial charge in [0.25, 0.3) is 0 Å². The van der Waals surface area contributed by atoms with Gasteiger partial charge < -0.3 is 4.74 Å². The van der Waals surface area contributed by atoms with Crippen molar-refractivity contribution in [2.75, 3.05) is 0 Å². The fourth-order valence-electron chi connectivity index (χ4n) is 1.50. The van der Waals surface area contributed by atoms with Crippen molar-refractivity contribution >= 4 is 39.1 Å². The Bertz CT molecular complexity index is 612. The fraction of sp³-hybridized carbons (Fsp3) is 0.0714. The average molecular weight is 357 g/mol. The molecular formula is C14H8BrCl2NO. The number of halogens is 3. The van der Waals surface area contributed by atoms with Gasteiger partial charge in [-0.3, -0.25) is 0 Å². The van der Waals surface area contributed by atoms with Crippen molar-refractivity contribution in [1.29, 1.82) is 5.26 Å². The van der Waals surface area contributed by atoms with E-state index in [0.717, 1.165) is 5.56 Å². The largest absolute Gasteiger partial charge is 0.486 e. The lowest BCUT2D eigenvalue weighted by Gasteiger charge is -2.10. The minimum absolute atomic E-state index is 0.367. The van der Waals surface area contributed by atoms with E-state index in [0.29, 0.717) is 32.4 Å². The van der Waals surface area contributed by atoms with E-state index >= 15 is 0 Å². The van der Waals surface area contributed by atoms with Crippen LogP contribution in [-0.4, -0.2) is 0 Å². The van der Waals surface area contributed by atoms with Gasteiger partial charge in [-0.25, -0.2) is 0 Å². The standard InChI is InChI=1S/C14H8BrCl2NO/c15-12-5-11(16)6-13(17)14(12)19-8-10-3-1-9(7-18)2-4-10/h1-6H,8H2. The van der Waals surface area contributed by atoms with Crippen molar-refractivity contribution in [2.24, 2.45) is 0 Å². The normalized spacial score (nSPS) is 10.0. The topological polar surface area (TPSA) is 33.0 Å². The van der Waals surface area contributed by atoms with Crippen LogP contribution in [0.3, 0.4) is 0 Å². The lowest BCUT2D eigenvalue weighted by atomic mass is 10.2. The highest BCUT2D eigenvalue weighted by molar-refractivity contribution is 9.10. The Morgan fingerprint density at radius 1 is 1.16 bits per heavy atom. The van der Waals surface area contributed by atoms with Gasteiger partial charge in [0.15, 0.2) is 5.75 Å². The highest BCUT2D eigenvalue weighted by Gasteiger charge is 2.09. The minimum atomic E-state index is 0.367. The second-order valence-electron chi connectivity index (χ2n) is 3.80. The maximum Gasteiger partial charge on any atom is 0.152 e. The van der Waals surface area contributed by atoms with E-state index in [-0.39, 0.29) is 0 Å². The van der Waals surface area contributed by atoms with E-state index in [1.807, 2.05) is 12.1 Å². The summed E-state index contributed by atoms with van der Waals surface area (Å²) in [6, 6.07) is 12.6. The molecule has 0 radical (unpaired) electrons. The van der Waals surface area contributed by atoms with Crippen molar-refractivity contribution in [3.8, 4) is 11.8 Å². The zero-order valence-corrected chi connectivity index (χ0v) is 12.8. The second kappa shape index (κ2) is 6.29. The third-order valence-electron chi connectivity index (χ3n) is 2.43. The maximum atomic E-state index is 8.72. The van der Waals surface area contributed by atoms with Gasteiger partial charge in [0.2, 0.25) is 0 Å². The molecule has 0 aromatic heterocycles. The minimum Gasteiger partial charge on any atom is -0.486 e. The van der Waals surface area contributed by atoms with Gasteiger partial charge in [-0.05, 0) is 45.8 Å². The van der Waals surface area contributed by atoms with Gasteiger partial charge in [0.05, 0.1) is 21.1 Å². The number of hydrogen-bond donors (Lipinski definition) is 0. The number of benzene rings is 2. The lowest BCUT2D eigenvalue weighted by molar-refractivity contribution is 0.304. The Morgan fingerprint density at radius 2 is 1.84 bits per heavy atom. The Kier molecular flexibility index (Phi) is 4.71. The summed E-state index contributed by atoms with van der Waals surface area (Å²) in [6.07, 6.45) is 0. The van der Waals surface area contributed by atoms with Crippen molar-refractivity contribution in [3.63, 3.8) is 0 Å². The Morgan fingerprint density at radius 3 is 2.42 bits per heavy atom. The third kappa shape index (κ3) is 3.63. The molecule has 0 saturated carbocycles. The maximum absolute atomic E-state index is 8.72. The van der Waals surface area contributed by atoms with E-state index in [1.165, 1.54) is 0 Å². The van der Waals surface area contributed by atoms with Crippen molar-refractivity contribution in [2.45, 2.75) is 6.61 Å². The summed E-state index contributed by atoms with van der Waals surface area (Å²) in [5.41, 5.74) is 1.58. The summed E-state index contributed by atoms with van der Waals surface area (Å²) < 4.78 is 6.37. The van der Waals surface area contributed by atoms with Crippen LogP contribution in [0.25, 0.3) is 0 Å². The Hall–Kier alpha value is -1.21. The van der Waals surface area contributed by atoms with Crippen LogP contribution in [-0.2, 0) is 6.61 Å². The van der Waals surface area contributed by atoms with Crippen LogP contribution >= 0.6 is 39.1 Å². The SMILES string of the molecule is N#Cc1ccc(COc2c(Cl)cc(Cl)cc2Br)cc1. The molecule has 2 nitrogen and oxygen atoms in total. The molecule has 0 amide bonds. The predicted octanol–water partition coefficient (Wildman–Crippen LogP) is 5.21. The van der Waals surface area contributed by atoms with Crippen LogP contribution in [0.2, 0.25) is 10.0 Å². The van der Waals surface area contributed by atoms with Crippen LogP contribution in [0, 0.1) is 11.3 Å². The summed E-state index contributed by atoms with van der Waals surface area (Å²) >= 11 is 15.3. The van der Waals surface area contributed by atoms with Crippen LogP contribution in [0.5, 0.6) is 5.75 Å². The molecule has 0 fully saturated rings. The van der Waals surface area contributed by atoms with E-state index in [9.17, 15) is 0 Å². The highest BCUT2D eigenvalue weighted by atomic mass is 79.9. The third-order valence-corrected chi connectivity index (χ3v) is 3.52. The van der Waals surface area contributed by atoms with E-state index < -0.39 is 0 Å². The number of ether oxygens (including phenoxy) is 1. The van der Waals surface area contributed by atoms with Gasteiger partial charge in [0, 0.05) is 5.02 Å². The molecule has 2 rings (SSSR count). The zero-order valence-electron chi connectivity index (χ0n) is 9.66. The van der Waals surface area contributed by atoms with E-state index in [2.05, 4.69) is 22.0 Å². The van der Waals surface area contributed by atoms with Gasteiger partial charge in [-0.15, -0.1) is 0 Å². The summed E-state index contributed by atoms with van der Waals surface area (Å²) in [6.45, 7) is 0.367. The summed E-state index contributed by atoms with van der Waals surface area (Å²) in [7, 11) is 0. The molecule has 0 N–H and O–H groups in total. The quantitative estimate of drug-likeness (QED) is 0.756. The average Bonchev–Trinajstić information content (AvgIpc) is 2.38. The first-order valence-corrected chi connectivity index (χ1v) is 6.91. The number of nitrogens with zero attached hydrogens (tertiary/aromatic N) is 1. The summed E-state index contributed by atoms with van der Waals surface area (Å²) in [5.74, 6) is 0.551. The highest BCUT2D eigenvalue weighted by Crippen LogP contribution is 2.36. The molecule has 0 aliphatic heterocycles. The molecule has 96 valence electrons. The molecule has 5 heteroatoms. The molecule has 0 unspecified atom stereocenters. The lowest BCUT2D eigenvalue weighted by Crippen LogP contribution is -1.97. The summed E-state index contributed by atoms with van der Waals surface area (Å²) in [5, 5.41) is 9.71. The Labute approximate surface area is 129 Å². The van der Waals surface area contributed by atoms with Crippen LogP contribution in [0.1, 0.15) is 11.1 Å². The summed E-state index contributed by atoms with van der Waals surface area (Å²) in [4.78, 5) is 0. The molecule has 2 aromatic carbocycles. The molecule has 0 atom stereocenters. The zero-order chi connectivity index (χ0) is 13.8. The van der Waals surface area contributed by atoms with Gasteiger partial charge in [-0.2, -0.15) is 5.26 Å². The molecular weight excluding hydrogens is 349 g/mol. The molecule has 2 aromatic rings. The molecule has 0 heterocycles. The van der Waals surface area contributed by atoms with E-state index in [1.54, 1.807) is 24.3 Å². The molecule has 0 aliphatic carbocycles. The van der Waals surface area contributed by atoms with Crippen LogP contribution < -0.4 is 4.74 Å². The molecule has 0 saturated heterocycles. The molecule has 0 spiro atoms. The van der Waals surface area contributed by atoms with Crippen molar-refractivity contribution in [3.05, 3.63) is 62.0 Å². The first-order valence-electron chi connectivity index (χ1n) is 5.36. The molecule has 19 heavy (non-hydrogen) atoms. The molecule has 0 bridgehead atoms. The number of hydrogen-bond acceptors (Lipinski definition) is 2.